The quantitative estimate of drug-likeness (QED) is 0.132. The van der Waals surface area contributed by atoms with Gasteiger partial charge in [0.2, 0.25) is 5.76 Å². The van der Waals surface area contributed by atoms with E-state index >= 15 is 0 Å². The molecule has 2 aromatic carbocycles. The number of hydrogen-bond acceptors (Lipinski definition) is 8. The molecule has 1 saturated heterocycles. The van der Waals surface area contributed by atoms with Crippen molar-refractivity contribution in [2.24, 2.45) is 0 Å². The number of methoxy groups -OCH3 is 1. The number of para-hydroxylation sites is 1. The fourth-order valence-corrected chi connectivity index (χ4v) is 5.17. The second-order valence-corrected chi connectivity index (χ2v) is 9.54. The smallest absolute Gasteiger partial charge is 0.373 e. The molecular formula is C27H21N3O7S. The Labute approximate surface area is 220 Å². The number of nitrogens with zero attached hydrogens (tertiary/aromatic N) is 3. The molecule has 4 aromatic rings. The van der Waals surface area contributed by atoms with Gasteiger partial charge in [-0.25, -0.2) is 4.79 Å². The van der Waals surface area contributed by atoms with E-state index in [1.807, 2.05) is 31.2 Å². The summed E-state index contributed by atoms with van der Waals surface area (Å²) in [4.78, 5) is 49.4. The lowest BCUT2D eigenvalue weighted by Gasteiger charge is -2.10. The molecule has 0 N–H and O–H groups in total. The van der Waals surface area contributed by atoms with Crippen LogP contribution in [-0.4, -0.2) is 38.6 Å². The molecule has 1 aliphatic heterocycles. The Morgan fingerprint density at radius 3 is 2.53 bits per heavy atom. The third kappa shape index (κ3) is 4.59. The third-order valence-electron chi connectivity index (χ3n) is 6.28. The van der Waals surface area contributed by atoms with Gasteiger partial charge in [-0.1, -0.05) is 30.3 Å². The van der Waals surface area contributed by atoms with E-state index in [9.17, 15) is 24.5 Å². The molecule has 0 bridgehead atoms. The standard InChI is InChI=1S/C27H21N3O7S/c1-16-21(13-24-25(31)29(27(33)38-24)15-19-11-12-23(37-19)26(32)36-2)20-5-3-4-6-22(20)28(16)14-17-7-9-18(10-8-17)30(34)35/h3-13H,14-15H2,1-2H3/b24-13+. The van der Waals surface area contributed by atoms with Crippen LogP contribution in [0.3, 0.4) is 0 Å². The molecule has 1 aliphatic rings. The number of nitro benzene ring substituents is 1. The number of thioether (sulfide) groups is 1. The zero-order chi connectivity index (χ0) is 27.0. The minimum Gasteiger partial charge on any atom is -0.463 e. The zero-order valence-corrected chi connectivity index (χ0v) is 21.2. The lowest BCUT2D eigenvalue weighted by Crippen LogP contribution is -2.27. The SMILES string of the molecule is COC(=O)c1ccc(CN2C(=O)S/C(=C/c3c(C)n(Cc4ccc([N+](=O)[O-])cc4)c4ccccc34)C2=O)o1. The van der Waals surface area contributed by atoms with Crippen LogP contribution in [0.15, 0.2) is 70.0 Å². The van der Waals surface area contributed by atoms with Crippen LogP contribution in [0.25, 0.3) is 17.0 Å². The molecule has 0 unspecified atom stereocenters. The number of imide groups is 1. The van der Waals surface area contributed by atoms with Crippen LogP contribution in [0, 0.1) is 17.0 Å². The highest BCUT2D eigenvalue weighted by Crippen LogP contribution is 2.36. The van der Waals surface area contributed by atoms with Crippen LogP contribution in [0.5, 0.6) is 0 Å². The van der Waals surface area contributed by atoms with E-state index in [1.54, 1.807) is 18.2 Å². The van der Waals surface area contributed by atoms with Gasteiger partial charge in [-0.15, -0.1) is 0 Å². The molecule has 0 saturated carbocycles. The number of esters is 1. The molecule has 0 aliphatic carbocycles. The Morgan fingerprint density at radius 1 is 1.08 bits per heavy atom. The molecule has 0 atom stereocenters. The van der Waals surface area contributed by atoms with Crippen LogP contribution in [0.1, 0.15) is 33.1 Å². The lowest BCUT2D eigenvalue weighted by molar-refractivity contribution is -0.384. The summed E-state index contributed by atoms with van der Waals surface area (Å²) in [5.74, 6) is -0.834. The van der Waals surface area contributed by atoms with Crippen molar-refractivity contribution in [1.82, 2.24) is 9.47 Å². The van der Waals surface area contributed by atoms with Gasteiger partial charge >= 0.3 is 5.97 Å². The number of fused-ring (bicyclic) bond motifs is 1. The van der Waals surface area contributed by atoms with Crippen LogP contribution >= 0.6 is 11.8 Å². The van der Waals surface area contributed by atoms with Crippen molar-refractivity contribution < 1.29 is 28.5 Å². The monoisotopic (exact) mass is 531 g/mol. The Balaban J connectivity index is 1.45. The van der Waals surface area contributed by atoms with Crippen molar-refractivity contribution >= 4 is 51.5 Å². The van der Waals surface area contributed by atoms with Gasteiger partial charge < -0.3 is 13.7 Å². The Bertz CT molecular complexity index is 1630. The van der Waals surface area contributed by atoms with Crippen molar-refractivity contribution in [3.05, 3.63) is 104 Å². The minimum atomic E-state index is -0.647. The summed E-state index contributed by atoms with van der Waals surface area (Å²) in [6.45, 7) is 2.29. The molecule has 0 radical (unpaired) electrons. The van der Waals surface area contributed by atoms with Crippen molar-refractivity contribution in [3.63, 3.8) is 0 Å². The number of ether oxygens (including phenoxy) is 1. The molecule has 5 rings (SSSR count). The summed E-state index contributed by atoms with van der Waals surface area (Å²) in [5, 5.41) is 11.5. The van der Waals surface area contributed by atoms with Crippen LogP contribution in [-0.2, 0) is 22.6 Å². The zero-order valence-electron chi connectivity index (χ0n) is 20.4. The fraction of sp³-hybridized carbons (Fsp3) is 0.148. The van der Waals surface area contributed by atoms with E-state index < -0.39 is 22.0 Å². The number of non-ortho nitro benzene ring substituents is 1. The van der Waals surface area contributed by atoms with Gasteiger partial charge in [-0.3, -0.25) is 24.6 Å². The first kappa shape index (κ1) is 25.0. The largest absolute Gasteiger partial charge is 0.463 e. The van der Waals surface area contributed by atoms with Gasteiger partial charge in [-0.05, 0) is 48.5 Å². The molecule has 2 aromatic heterocycles. The minimum absolute atomic E-state index is 0.0125. The van der Waals surface area contributed by atoms with E-state index in [2.05, 4.69) is 9.30 Å². The molecular weight excluding hydrogens is 510 g/mol. The number of carbonyl (C=O) groups is 3. The second-order valence-electron chi connectivity index (χ2n) is 8.55. The predicted molar refractivity (Wildman–Crippen MR) is 140 cm³/mol. The van der Waals surface area contributed by atoms with Gasteiger partial charge in [0, 0.05) is 40.8 Å². The van der Waals surface area contributed by atoms with E-state index in [-0.39, 0.29) is 28.7 Å². The number of amides is 2. The summed E-state index contributed by atoms with van der Waals surface area (Å²) in [6, 6.07) is 17.1. The number of nitro groups is 1. The second kappa shape index (κ2) is 10.0. The molecule has 2 amide bonds. The van der Waals surface area contributed by atoms with E-state index in [1.165, 1.54) is 31.4 Å². The molecule has 0 spiro atoms. The molecule has 1 fully saturated rings. The first-order valence-electron chi connectivity index (χ1n) is 11.5. The first-order chi connectivity index (χ1) is 18.3. The Hall–Kier alpha value is -4.64. The topological polar surface area (TPSA) is 125 Å². The van der Waals surface area contributed by atoms with E-state index in [0.29, 0.717) is 6.54 Å². The van der Waals surface area contributed by atoms with E-state index in [0.717, 1.165) is 44.4 Å². The summed E-state index contributed by atoms with van der Waals surface area (Å²) < 4.78 is 12.1. The number of hydrogen-bond donors (Lipinski definition) is 0. The van der Waals surface area contributed by atoms with Crippen molar-refractivity contribution in [1.29, 1.82) is 0 Å². The van der Waals surface area contributed by atoms with Gasteiger partial charge in [0.15, 0.2) is 0 Å². The number of furan rings is 1. The van der Waals surface area contributed by atoms with Crippen LogP contribution in [0.4, 0.5) is 10.5 Å². The van der Waals surface area contributed by atoms with Gasteiger partial charge in [0.25, 0.3) is 16.8 Å². The molecule has 192 valence electrons. The maximum Gasteiger partial charge on any atom is 0.373 e. The van der Waals surface area contributed by atoms with Gasteiger partial charge in [0.1, 0.15) is 5.76 Å². The number of rotatable bonds is 7. The predicted octanol–water partition coefficient (Wildman–Crippen LogP) is 5.52. The average molecular weight is 532 g/mol. The maximum absolute atomic E-state index is 13.2. The highest BCUT2D eigenvalue weighted by Gasteiger charge is 2.36. The fourth-order valence-electron chi connectivity index (χ4n) is 4.35. The highest BCUT2D eigenvalue weighted by molar-refractivity contribution is 8.18. The van der Waals surface area contributed by atoms with Gasteiger partial charge in [0.05, 0.1) is 23.5 Å². The number of aromatic nitrogens is 1. The third-order valence-corrected chi connectivity index (χ3v) is 7.19. The number of carbonyl (C=O) groups excluding carboxylic acids is 3. The normalized spacial score (nSPS) is 14.6. The van der Waals surface area contributed by atoms with Crippen molar-refractivity contribution in [3.8, 4) is 0 Å². The summed E-state index contributed by atoms with van der Waals surface area (Å²) in [5.41, 5.74) is 3.52. The molecule has 38 heavy (non-hydrogen) atoms. The maximum atomic E-state index is 13.2. The molecule has 11 heteroatoms. The summed E-state index contributed by atoms with van der Waals surface area (Å²) in [6.07, 6.45) is 1.72. The van der Waals surface area contributed by atoms with Gasteiger partial charge in [-0.2, -0.15) is 0 Å². The summed E-state index contributed by atoms with van der Waals surface area (Å²) >= 11 is 0.840. The Kier molecular flexibility index (Phi) is 6.60. The summed E-state index contributed by atoms with van der Waals surface area (Å²) in [7, 11) is 1.23. The molecule has 3 heterocycles. The van der Waals surface area contributed by atoms with Crippen molar-refractivity contribution in [2.75, 3.05) is 7.11 Å². The van der Waals surface area contributed by atoms with Crippen LogP contribution < -0.4 is 0 Å². The molecule has 10 nitrogen and oxygen atoms in total. The van der Waals surface area contributed by atoms with Crippen molar-refractivity contribution in [2.45, 2.75) is 20.0 Å². The lowest BCUT2D eigenvalue weighted by atomic mass is 10.1. The average Bonchev–Trinajstić information content (AvgIpc) is 3.57. The number of benzene rings is 2. The van der Waals surface area contributed by atoms with E-state index in [4.69, 9.17) is 4.42 Å². The highest BCUT2D eigenvalue weighted by atomic mass is 32.2. The van der Waals surface area contributed by atoms with Crippen LogP contribution in [0.2, 0.25) is 0 Å². The first-order valence-corrected chi connectivity index (χ1v) is 12.3. The Morgan fingerprint density at radius 2 is 1.82 bits per heavy atom.